The van der Waals surface area contributed by atoms with Crippen LogP contribution in [0.3, 0.4) is 0 Å². The van der Waals surface area contributed by atoms with Crippen LogP contribution in [-0.2, 0) is 0 Å². The number of hydrogen-bond donors (Lipinski definition) is 0. The molecular weight excluding hydrogens is 417 g/mol. The third-order valence-corrected chi connectivity index (χ3v) is 3.90. The summed E-state index contributed by atoms with van der Waals surface area (Å²) in [5, 5.41) is 0. The average Bonchev–Trinajstić information content (AvgIpc) is 2.64. The lowest BCUT2D eigenvalue weighted by molar-refractivity contribution is 0.382. The molecule has 0 aliphatic rings. The monoisotopic (exact) mass is 428 g/mol. The fourth-order valence-corrected chi connectivity index (χ4v) is 2.51. The predicted octanol–water partition coefficient (Wildman–Crippen LogP) is 4.83. The molecule has 0 radical (unpaired) electrons. The number of allylic oxidation sites excluding steroid dienone is 1. The second-order valence-corrected chi connectivity index (χ2v) is 7.17. The summed E-state index contributed by atoms with van der Waals surface area (Å²) in [4.78, 5) is 0. The van der Waals surface area contributed by atoms with Crippen molar-refractivity contribution in [2.45, 2.75) is 20.8 Å². The Labute approximate surface area is 158 Å². The van der Waals surface area contributed by atoms with Crippen molar-refractivity contribution < 1.29 is 43.9 Å². The van der Waals surface area contributed by atoms with E-state index in [4.69, 9.17) is 0 Å². The second kappa shape index (κ2) is 7.76. The summed E-state index contributed by atoms with van der Waals surface area (Å²) in [6.07, 6.45) is 1.06. The first kappa shape index (κ1) is 22.8. The molecule has 0 aliphatic carbocycles. The third-order valence-electron chi connectivity index (χ3n) is 3.90. The second-order valence-electron chi connectivity index (χ2n) is 7.17. The first-order valence-corrected chi connectivity index (χ1v) is 7.92. The highest BCUT2D eigenvalue weighted by Crippen LogP contribution is 2.22. The molecule has 0 atom stereocenters. The minimum Gasteiger partial charge on any atom is -0.204 e. The van der Waals surface area contributed by atoms with E-state index in [0.29, 0.717) is 5.98 Å². The first-order chi connectivity index (χ1) is 13.2. The van der Waals surface area contributed by atoms with Crippen LogP contribution in [0.4, 0.5) is 43.9 Å². The number of benzene rings is 2. The van der Waals surface area contributed by atoms with Crippen molar-refractivity contribution in [3.63, 3.8) is 0 Å². The lowest BCUT2D eigenvalue weighted by atomic mass is 9.39. The van der Waals surface area contributed by atoms with E-state index in [0.717, 1.165) is 6.08 Å². The number of rotatable bonds is 3. The van der Waals surface area contributed by atoms with Crippen LogP contribution < -0.4 is 10.9 Å². The normalized spacial score (nSPS) is 12.2. The molecule has 0 amide bonds. The molecule has 0 fully saturated rings. The quantitative estimate of drug-likeness (QED) is 0.285. The Morgan fingerprint density at radius 1 is 0.483 bits per heavy atom. The Kier molecular flexibility index (Phi) is 6.11. The van der Waals surface area contributed by atoms with Crippen LogP contribution in [0.2, 0.25) is 0 Å². The predicted molar refractivity (Wildman–Crippen MR) is 86.1 cm³/mol. The Balaban J connectivity index is 2.99. The van der Waals surface area contributed by atoms with Crippen LogP contribution in [0.15, 0.2) is 12.1 Å². The van der Waals surface area contributed by atoms with Crippen molar-refractivity contribution in [3.8, 4) is 0 Å². The zero-order chi connectivity index (χ0) is 22.4. The van der Waals surface area contributed by atoms with Gasteiger partial charge >= 0.3 is 0 Å². The van der Waals surface area contributed by atoms with Crippen LogP contribution in [-0.4, -0.2) is 6.71 Å². The van der Waals surface area contributed by atoms with Crippen molar-refractivity contribution in [1.82, 2.24) is 0 Å². The SMILES string of the molecule is CC(C)(C)/C=C/B(c1c(F)c(F)c(F)c(F)c1F)c1c(F)c(F)c(F)c(F)c1F. The maximum Gasteiger partial charge on any atom is 0.249 e. The van der Waals surface area contributed by atoms with Crippen molar-refractivity contribution in [3.05, 3.63) is 70.2 Å². The minimum atomic E-state index is -2.54. The van der Waals surface area contributed by atoms with Gasteiger partial charge in [-0.3, -0.25) is 0 Å². The zero-order valence-electron chi connectivity index (χ0n) is 15.0. The molecule has 0 saturated heterocycles. The fraction of sp³-hybridized carbons (Fsp3) is 0.222. The van der Waals surface area contributed by atoms with Gasteiger partial charge in [0.25, 0.3) is 0 Å². The van der Waals surface area contributed by atoms with Crippen LogP contribution in [0, 0.1) is 63.6 Å². The summed E-state index contributed by atoms with van der Waals surface area (Å²) >= 11 is 0. The molecule has 0 aromatic heterocycles. The Morgan fingerprint density at radius 3 is 0.966 bits per heavy atom. The summed E-state index contributed by atoms with van der Waals surface area (Å²) in [7, 11) is 0. The van der Waals surface area contributed by atoms with Crippen molar-refractivity contribution in [2.75, 3.05) is 0 Å². The van der Waals surface area contributed by atoms with Crippen molar-refractivity contribution >= 4 is 17.6 Å². The van der Waals surface area contributed by atoms with Gasteiger partial charge in [0.1, 0.15) is 0 Å². The molecule has 0 heterocycles. The Bertz CT molecular complexity index is 880. The summed E-state index contributed by atoms with van der Waals surface area (Å²) in [5.41, 5.74) is -4.37. The summed E-state index contributed by atoms with van der Waals surface area (Å²) in [6.45, 7) is 1.98. The highest BCUT2D eigenvalue weighted by molar-refractivity contribution is 6.89. The van der Waals surface area contributed by atoms with E-state index in [1.165, 1.54) is 20.8 Å². The van der Waals surface area contributed by atoms with E-state index < -0.39 is 81.2 Å². The topological polar surface area (TPSA) is 0 Å². The molecule has 2 aromatic rings. The van der Waals surface area contributed by atoms with Crippen molar-refractivity contribution in [1.29, 1.82) is 0 Å². The Hall–Kier alpha value is -2.46. The van der Waals surface area contributed by atoms with E-state index in [9.17, 15) is 43.9 Å². The van der Waals surface area contributed by atoms with E-state index >= 15 is 0 Å². The molecule has 156 valence electrons. The van der Waals surface area contributed by atoms with Crippen LogP contribution in [0.1, 0.15) is 20.8 Å². The standard InChI is InChI=1S/C18H11BF10/c1-18(2,3)4-5-19(6-8(20)12(24)16(28)13(25)9(6)21)7-10(22)14(26)17(29)15(27)11(7)23/h4-5H,1-3H3/b5-4+. The average molecular weight is 428 g/mol. The van der Waals surface area contributed by atoms with Gasteiger partial charge in [0, 0.05) is 10.9 Å². The van der Waals surface area contributed by atoms with Crippen LogP contribution in [0.5, 0.6) is 0 Å². The number of hydrogen-bond acceptors (Lipinski definition) is 0. The molecule has 2 aromatic carbocycles. The molecule has 0 unspecified atom stereocenters. The molecule has 0 saturated carbocycles. The lowest BCUT2D eigenvalue weighted by Gasteiger charge is -2.19. The highest BCUT2D eigenvalue weighted by Gasteiger charge is 2.38. The molecule has 2 rings (SSSR count). The largest absolute Gasteiger partial charge is 0.249 e. The zero-order valence-corrected chi connectivity index (χ0v) is 15.0. The molecule has 29 heavy (non-hydrogen) atoms. The molecular formula is C18H11BF10. The third kappa shape index (κ3) is 3.99. The van der Waals surface area contributed by atoms with Gasteiger partial charge in [-0.25, -0.2) is 43.9 Å². The van der Waals surface area contributed by atoms with Gasteiger partial charge in [0.15, 0.2) is 58.2 Å². The van der Waals surface area contributed by atoms with Gasteiger partial charge in [-0.15, -0.1) is 5.98 Å². The van der Waals surface area contributed by atoms with Gasteiger partial charge in [-0.05, 0) is 5.41 Å². The first-order valence-electron chi connectivity index (χ1n) is 7.92. The van der Waals surface area contributed by atoms with E-state index in [2.05, 4.69) is 0 Å². The van der Waals surface area contributed by atoms with E-state index in [1.54, 1.807) is 0 Å². The van der Waals surface area contributed by atoms with E-state index in [1.807, 2.05) is 0 Å². The maximum atomic E-state index is 14.2. The molecule has 0 N–H and O–H groups in total. The lowest BCUT2D eigenvalue weighted by Crippen LogP contribution is -2.50. The van der Waals surface area contributed by atoms with Gasteiger partial charge in [-0.2, -0.15) is 0 Å². The van der Waals surface area contributed by atoms with E-state index in [-0.39, 0.29) is 0 Å². The summed E-state index contributed by atoms with van der Waals surface area (Å²) < 4.78 is 138. The maximum absolute atomic E-state index is 14.2. The Morgan fingerprint density at radius 2 is 0.724 bits per heavy atom. The minimum absolute atomic E-state index is 0.608. The molecule has 0 aliphatic heterocycles. The summed E-state index contributed by atoms with van der Waals surface area (Å²) in [6, 6.07) is 0. The molecule has 0 spiro atoms. The van der Waals surface area contributed by atoms with Crippen LogP contribution >= 0.6 is 0 Å². The molecule has 0 nitrogen and oxygen atoms in total. The van der Waals surface area contributed by atoms with Gasteiger partial charge < -0.3 is 0 Å². The van der Waals surface area contributed by atoms with Gasteiger partial charge in [0.2, 0.25) is 6.71 Å². The smallest absolute Gasteiger partial charge is 0.204 e. The fourth-order valence-electron chi connectivity index (χ4n) is 2.51. The highest BCUT2D eigenvalue weighted by atomic mass is 19.2. The van der Waals surface area contributed by atoms with Gasteiger partial charge in [-0.1, -0.05) is 26.8 Å². The number of halogens is 10. The summed E-state index contributed by atoms with van der Waals surface area (Å²) in [5.74, 6) is -24.1. The molecule has 11 heteroatoms. The molecule has 0 bridgehead atoms. The van der Waals surface area contributed by atoms with Crippen LogP contribution in [0.25, 0.3) is 0 Å². The van der Waals surface area contributed by atoms with Gasteiger partial charge in [0.05, 0.1) is 0 Å². The van der Waals surface area contributed by atoms with Crippen molar-refractivity contribution in [2.24, 2.45) is 5.41 Å².